The summed E-state index contributed by atoms with van der Waals surface area (Å²) in [5, 5.41) is 2.91. The van der Waals surface area contributed by atoms with Crippen molar-refractivity contribution in [3.63, 3.8) is 0 Å². The number of ether oxygens (including phenoxy) is 2. The molecule has 1 aromatic carbocycles. The first-order valence-electron chi connectivity index (χ1n) is 9.96. The SMILES string of the molecule is CC(C)(C)OC(=O)NC(CC1CCCCO1)C(=O)ON1C(=O)c2ccccc2C1=O. The molecule has 1 saturated heterocycles. The fourth-order valence-electron chi connectivity index (χ4n) is 3.32. The lowest BCUT2D eigenvalue weighted by molar-refractivity contribution is -0.172. The number of benzene rings is 1. The monoisotopic (exact) mass is 418 g/mol. The Kier molecular flexibility index (Phi) is 6.40. The van der Waals surface area contributed by atoms with E-state index in [4.69, 9.17) is 14.3 Å². The van der Waals surface area contributed by atoms with E-state index in [0.29, 0.717) is 11.7 Å². The van der Waals surface area contributed by atoms with E-state index in [1.165, 1.54) is 12.1 Å². The first-order valence-corrected chi connectivity index (χ1v) is 9.96. The molecule has 2 aliphatic heterocycles. The van der Waals surface area contributed by atoms with Crippen LogP contribution in [-0.2, 0) is 19.1 Å². The maximum atomic E-state index is 12.8. The predicted octanol–water partition coefficient (Wildman–Crippen LogP) is 2.59. The van der Waals surface area contributed by atoms with Gasteiger partial charge < -0.3 is 19.6 Å². The first-order chi connectivity index (χ1) is 14.2. The van der Waals surface area contributed by atoms with Gasteiger partial charge in [-0.1, -0.05) is 17.2 Å². The third-order valence-corrected chi connectivity index (χ3v) is 4.69. The Labute approximate surface area is 174 Å². The molecule has 2 unspecified atom stereocenters. The highest BCUT2D eigenvalue weighted by atomic mass is 16.7. The van der Waals surface area contributed by atoms with Gasteiger partial charge in [-0.05, 0) is 52.2 Å². The van der Waals surface area contributed by atoms with Crippen LogP contribution in [0.3, 0.4) is 0 Å². The molecule has 2 heterocycles. The summed E-state index contributed by atoms with van der Waals surface area (Å²) >= 11 is 0. The zero-order valence-electron chi connectivity index (χ0n) is 17.3. The van der Waals surface area contributed by atoms with Crippen LogP contribution in [0.4, 0.5) is 4.79 Å². The van der Waals surface area contributed by atoms with Gasteiger partial charge in [-0.3, -0.25) is 9.59 Å². The van der Waals surface area contributed by atoms with E-state index in [2.05, 4.69) is 5.32 Å². The number of imide groups is 1. The quantitative estimate of drug-likeness (QED) is 0.732. The van der Waals surface area contributed by atoms with E-state index in [1.807, 2.05) is 0 Å². The number of nitrogens with zero attached hydrogens (tertiary/aromatic N) is 1. The van der Waals surface area contributed by atoms with Gasteiger partial charge in [-0.25, -0.2) is 9.59 Å². The normalized spacial score (nSPS) is 19.8. The summed E-state index contributed by atoms with van der Waals surface area (Å²) in [6, 6.07) is 5.05. The van der Waals surface area contributed by atoms with Gasteiger partial charge in [0.2, 0.25) is 0 Å². The number of rotatable bonds is 5. The Bertz CT molecular complexity index is 805. The van der Waals surface area contributed by atoms with Gasteiger partial charge in [0.1, 0.15) is 11.6 Å². The van der Waals surface area contributed by atoms with Crippen molar-refractivity contribution < 1.29 is 33.5 Å². The second-order valence-electron chi connectivity index (χ2n) is 8.28. The molecule has 1 aromatic rings. The molecule has 1 N–H and O–H groups in total. The molecule has 3 amide bonds. The van der Waals surface area contributed by atoms with Crippen molar-refractivity contribution in [1.82, 2.24) is 10.4 Å². The highest BCUT2D eigenvalue weighted by Crippen LogP contribution is 2.24. The summed E-state index contributed by atoms with van der Waals surface area (Å²) in [7, 11) is 0. The van der Waals surface area contributed by atoms with Gasteiger partial charge in [-0.15, -0.1) is 0 Å². The van der Waals surface area contributed by atoms with Crippen molar-refractivity contribution in [2.24, 2.45) is 0 Å². The molecule has 0 aromatic heterocycles. The van der Waals surface area contributed by atoms with Crippen LogP contribution in [0, 0.1) is 0 Å². The van der Waals surface area contributed by atoms with Crippen molar-refractivity contribution in [3.8, 4) is 0 Å². The third-order valence-electron chi connectivity index (χ3n) is 4.69. The summed E-state index contributed by atoms with van der Waals surface area (Å²) in [6.45, 7) is 5.66. The number of hydrogen-bond acceptors (Lipinski definition) is 7. The Morgan fingerprint density at radius 1 is 1.17 bits per heavy atom. The van der Waals surface area contributed by atoms with Crippen LogP contribution in [0.5, 0.6) is 0 Å². The number of fused-ring (bicyclic) bond motifs is 1. The second-order valence-corrected chi connectivity index (χ2v) is 8.28. The van der Waals surface area contributed by atoms with Gasteiger partial charge in [0.05, 0.1) is 17.2 Å². The topological polar surface area (TPSA) is 111 Å². The Morgan fingerprint density at radius 3 is 2.33 bits per heavy atom. The minimum Gasteiger partial charge on any atom is -0.444 e. The highest BCUT2D eigenvalue weighted by Gasteiger charge is 2.40. The van der Waals surface area contributed by atoms with Gasteiger partial charge in [0.15, 0.2) is 0 Å². The highest BCUT2D eigenvalue weighted by molar-refractivity contribution is 6.20. The molecule has 9 nitrogen and oxygen atoms in total. The lowest BCUT2D eigenvalue weighted by Gasteiger charge is -2.28. The Morgan fingerprint density at radius 2 is 1.80 bits per heavy atom. The molecule has 1 fully saturated rings. The van der Waals surface area contributed by atoms with Crippen LogP contribution in [0.1, 0.15) is 67.2 Å². The van der Waals surface area contributed by atoms with E-state index in [9.17, 15) is 19.2 Å². The third kappa shape index (κ3) is 5.15. The lowest BCUT2D eigenvalue weighted by atomic mass is 10.0. The molecule has 0 aliphatic carbocycles. The van der Waals surface area contributed by atoms with Crippen molar-refractivity contribution in [3.05, 3.63) is 35.4 Å². The Balaban J connectivity index is 1.72. The standard InChI is InChI=1S/C21H26N2O7/c1-21(2,3)29-20(27)22-16(12-13-8-6-7-11-28-13)19(26)30-23-17(24)14-9-4-5-10-15(14)18(23)25/h4-5,9-10,13,16H,6-8,11-12H2,1-3H3,(H,22,27). The number of nitrogens with one attached hydrogen (secondary N) is 1. The van der Waals surface area contributed by atoms with Gasteiger partial charge in [0.25, 0.3) is 11.8 Å². The fourth-order valence-corrected chi connectivity index (χ4v) is 3.32. The molecule has 0 saturated carbocycles. The van der Waals surface area contributed by atoms with E-state index in [1.54, 1.807) is 32.9 Å². The molecular formula is C21H26N2O7. The maximum absolute atomic E-state index is 12.8. The van der Waals surface area contributed by atoms with Gasteiger partial charge in [0, 0.05) is 13.0 Å². The average molecular weight is 418 g/mol. The van der Waals surface area contributed by atoms with Crippen LogP contribution in [0.2, 0.25) is 0 Å². The van der Waals surface area contributed by atoms with Crippen LogP contribution in [0.25, 0.3) is 0 Å². The van der Waals surface area contributed by atoms with E-state index < -0.39 is 35.5 Å². The largest absolute Gasteiger partial charge is 0.444 e. The molecular weight excluding hydrogens is 392 g/mol. The van der Waals surface area contributed by atoms with E-state index >= 15 is 0 Å². The van der Waals surface area contributed by atoms with Gasteiger partial charge >= 0.3 is 12.1 Å². The minimum absolute atomic E-state index is 0.140. The molecule has 162 valence electrons. The van der Waals surface area contributed by atoms with Crippen molar-refractivity contribution in [1.29, 1.82) is 0 Å². The zero-order chi connectivity index (χ0) is 21.9. The van der Waals surface area contributed by atoms with Crippen LogP contribution in [0.15, 0.2) is 24.3 Å². The summed E-state index contributed by atoms with van der Waals surface area (Å²) in [5.41, 5.74) is -0.451. The van der Waals surface area contributed by atoms with Gasteiger partial charge in [-0.2, -0.15) is 0 Å². The fraction of sp³-hybridized carbons (Fsp3) is 0.524. The average Bonchev–Trinajstić information content (AvgIpc) is 2.92. The van der Waals surface area contributed by atoms with Crippen LogP contribution >= 0.6 is 0 Å². The number of carbonyl (C=O) groups is 4. The van der Waals surface area contributed by atoms with Crippen LogP contribution < -0.4 is 5.32 Å². The van der Waals surface area contributed by atoms with Crippen molar-refractivity contribution in [2.75, 3.05) is 6.61 Å². The molecule has 9 heteroatoms. The molecule has 30 heavy (non-hydrogen) atoms. The smallest absolute Gasteiger partial charge is 0.408 e. The number of amides is 3. The number of alkyl carbamates (subject to hydrolysis) is 1. The Hall–Kier alpha value is -2.94. The summed E-state index contributed by atoms with van der Waals surface area (Å²) < 4.78 is 10.9. The zero-order valence-corrected chi connectivity index (χ0v) is 17.3. The number of carbonyl (C=O) groups excluding carboxylic acids is 4. The van der Waals surface area contributed by atoms with E-state index in [-0.39, 0.29) is 23.7 Å². The molecule has 0 spiro atoms. The summed E-state index contributed by atoms with van der Waals surface area (Å²) in [6.07, 6.45) is 1.68. The number of hydrogen-bond donors (Lipinski definition) is 1. The molecule has 2 aliphatic rings. The van der Waals surface area contributed by atoms with Crippen LogP contribution in [-0.4, -0.2) is 53.3 Å². The van der Waals surface area contributed by atoms with E-state index in [0.717, 1.165) is 19.3 Å². The minimum atomic E-state index is -1.15. The molecule has 0 bridgehead atoms. The molecule has 3 rings (SSSR count). The first kappa shape index (κ1) is 21.8. The molecule has 0 radical (unpaired) electrons. The molecule has 2 atom stereocenters. The second kappa shape index (κ2) is 8.83. The van der Waals surface area contributed by atoms with Crippen molar-refractivity contribution in [2.45, 2.75) is 64.2 Å². The number of hydroxylamine groups is 2. The summed E-state index contributed by atoms with van der Waals surface area (Å²) in [4.78, 5) is 55.1. The maximum Gasteiger partial charge on any atom is 0.408 e. The lowest BCUT2D eigenvalue weighted by Crippen LogP contribution is -2.48. The summed E-state index contributed by atoms with van der Waals surface area (Å²) in [5.74, 6) is -2.40. The van der Waals surface area contributed by atoms with Crippen molar-refractivity contribution >= 4 is 23.9 Å². The predicted molar refractivity (Wildman–Crippen MR) is 104 cm³/mol.